The molecule has 0 aromatic heterocycles. The van der Waals surface area contributed by atoms with Crippen LogP contribution in [0.15, 0.2) is 43.5 Å². The molecule has 164 valence electrons. The second kappa shape index (κ2) is 9.23. The number of ether oxygens (including phenoxy) is 1. The molecule has 0 saturated carbocycles. The van der Waals surface area contributed by atoms with Gasteiger partial charge in [-0.1, -0.05) is 59.8 Å². The third-order valence-electron chi connectivity index (χ3n) is 6.25. The summed E-state index contributed by atoms with van der Waals surface area (Å²) in [5, 5.41) is 0.199. The summed E-state index contributed by atoms with van der Waals surface area (Å²) in [4.78, 5) is 0. The van der Waals surface area contributed by atoms with Crippen LogP contribution in [0.1, 0.15) is 53.2 Å². The number of hydrogen-bond acceptors (Lipinski definition) is 3. The van der Waals surface area contributed by atoms with Gasteiger partial charge in [-0.05, 0) is 54.0 Å². The molecule has 1 aromatic rings. The maximum Gasteiger partial charge on any atom is 0.250 e. The van der Waals surface area contributed by atoms with Gasteiger partial charge in [0.05, 0.1) is 6.61 Å². The van der Waals surface area contributed by atoms with Crippen LogP contribution in [0.3, 0.4) is 0 Å². The smallest absolute Gasteiger partial charge is 0.250 e. The van der Waals surface area contributed by atoms with E-state index in [1.54, 1.807) is 6.08 Å². The van der Waals surface area contributed by atoms with Crippen molar-refractivity contribution in [1.29, 1.82) is 0 Å². The summed E-state index contributed by atoms with van der Waals surface area (Å²) in [5.41, 5.74) is 1.01. The van der Waals surface area contributed by atoms with E-state index in [4.69, 9.17) is 13.6 Å². The van der Waals surface area contributed by atoms with Crippen LogP contribution in [-0.4, -0.2) is 23.2 Å². The summed E-state index contributed by atoms with van der Waals surface area (Å²) in [6.07, 6.45) is 3.35. The second-order valence-corrected chi connectivity index (χ2v) is 20.2. The molecule has 29 heavy (non-hydrogen) atoms. The molecule has 0 heterocycles. The molecular weight excluding hydrogens is 392 g/mol. The van der Waals surface area contributed by atoms with Crippen molar-refractivity contribution in [2.45, 2.75) is 83.9 Å². The molecule has 0 aliphatic rings. The van der Waals surface area contributed by atoms with Crippen molar-refractivity contribution in [2.24, 2.45) is 0 Å². The van der Waals surface area contributed by atoms with Crippen molar-refractivity contribution in [1.82, 2.24) is 0 Å². The molecule has 0 unspecified atom stereocenters. The lowest BCUT2D eigenvalue weighted by atomic mass is 10.1. The van der Waals surface area contributed by atoms with Gasteiger partial charge in [-0.25, -0.2) is 0 Å². The first-order chi connectivity index (χ1) is 13.1. The zero-order chi connectivity index (χ0) is 22.7. The van der Waals surface area contributed by atoms with Crippen LogP contribution in [0.2, 0.25) is 36.3 Å². The Morgan fingerprint density at radius 3 is 1.76 bits per heavy atom. The van der Waals surface area contributed by atoms with Gasteiger partial charge in [-0.3, -0.25) is 0 Å². The van der Waals surface area contributed by atoms with Crippen molar-refractivity contribution >= 4 is 16.6 Å². The minimum Gasteiger partial charge on any atom is -0.541 e. The van der Waals surface area contributed by atoms with E-state index in [1.165, 1.54) is 0 Å². The molecule has 0 amide bonds. The van der Waals surface area contributed by atoms with Gasteiger partial charge in [-0.15, -0.1) is 13.2 Å². The third kappa shape index (κ3) is 6.59. The number of rotatable bonds is 9. The van der Waals surface area contributed by atoms with E-state index in [0.717, 1.165) is 17.1 Å². The van der Waals surface area contributed by atoms with Gasteiger partial charge >= 0.3 is 0 Å². The minimum atomic E-state index is -2.04. The molecule has 1 aromatic carbocycles. The lowest BCUT2D eigenvalue weighted by Crippen LogP contribution is -2.45. The molecular formula is C24H42O3Si2. The summed E-state index contributed by atoms with van der Waals surface area (Å²) in [5.74, 6) is 1.64. The molecule has 3 nitrogen and oxygen atoms in total. The van der Waals surface area contributed by atoms with Crippen LogP contribution in [0.4, 0.5) is 0 Å². The van der Waals surface area contributed by atoms with Crippen LogP contribution >= 0.6 is 0 Å². The maximum atomic E-state index is 6.72. The first-order valence-electron chi connectivity index (χ1n) is 10.4. The molecule has 0 saturated heterocycles. The van der Waals surface area contributed by atoms with E-state index in [0.29, 0.717) is 6.61 Å². The zero-order valence-corrected chi connectivity index (χ0v) is 22.3. The van der Waals surface area contributed by atoms with Crippen LogP contribution in [0, 0.1) is 0 Å². The fourth-order valence-electron chi connectivity index (χ4n) is 2.19. The fourth-order valence-corrected chi connectivity index (χ4v) is 4.23. The zero-order valence-electron chi connectivity index (χ0n) is 20.3. The van der Waals surface area contributed by atoms with E-state index in [9.17, 15) is 0 Å². The molecule has 0 N–H and O–H groups in total. The molecule has 0 aliphatic heterocycles. The van der Waals surface area contributed by atoms with Crippen molar-refractivity contribution < 1.29 is 13.6 Å². The van der Waals surface area contributed by atoms with Gasteiger partial charge in [-0.2, -0.15) is 0 Å². The Labute approximate surface area is 181 Å². The highest BCUT2D eigenvalue weighted by Crippen LogP contribution is 2.44. The Kier molecular flexibility index (Phi) is 8.19. The third-order valence-corrected chi connectivity index (χ3v) is 14.9. The van der Waals surface area contributed by atoms with Crippen LogP contribution in [0.5, 0.6) is 11.5 Å². The average Bonchev–Trinajstić information content (AvgIpc) is 2.55. The van der Waals surface area contributed by atoms with Gasteiger partial charge in [0.25, 0.3) is 16.6 Å². The Morgan fingerprint density at radius 2 is 1.34 bits per heavy atom. The van der Waals surface area contributed by atoms with E-state index in [-0.39, 0.29) is 16.2 Å². The molecule has 0 bridgehead atoms. The number of benzene rings is 1. The highest BCUT2D eigenvalue weighted by atomic mass is 28.4. The summed E-state index contributed by atoms with van der Waals surface area (Å²) in [6, 6.07) is 6.15. The molecule has 0 aliphatic carbocycles. The second-order valence-electron chi connectivity index (χ2n) is 10.7. The Bertz CT molecular complexity index is 710. The van der Waals surface area contributed by atoms with Crippen molar-refractivity contribution in [2.75, 3.05) is 6.61 Å². The Hall–Kier alpha value is -1.31. The lowest BCUT2D eigenvalue weighted by molar-refractivity contribution is 0.110. The normalized spacial score (nSPS) is 14.3. The minimum absolute atomic E-state index is 0.0917. The highest BCUT2D eigenvalue weighted by Gasteiger charge is 2.42. The van der Waals surface area contributed by atoms with Crippen LogP contribution < -0.4 is 8.85 Å². The van der Waals surface area contributed by atoms with E-state index in [1.807, 2.05) is 12.1 Å². The maximum absolute atomic E-state index is 6.72. The molecule has 1 rings (SSSR count). The van der Waals surface area contributed by atoms with Gasteiger partial charge in [0.1, 0.15) is 17.6 Å². The largest absolute Gasteiger partial charge is 0.541 e. The van der Waals surface area contributed by atoms with E-state index >= 15 is 0 Å². The summed E-state index contributed by atoms with van der Waals surface area (Å²) in [6.45, 7) is 30.7. The first-order valence-corrected chi connectivity index (χ1v) is 16.2. The van der Waals surface area contributed by atoms with Gasteiger partial charge in [0.2, 0.25) is 0 Å². The van der Waals surface area contributed by atoms with Crippen molar-refractivity contribution in [3.8, 4) is 11.5 Å². The van der Waals surface area contributed by atoms with E-state index in [2.05, 4.69) is 93.0 Å². The Morgan fingerprint density at radius 1 is 0.862 bits per heavy atom. The van der Waals surface area contributed by atoms with Crippen molar-refractivity contribution in [3.05, 3.63) is 49.1 Å². The molecule has 0 fully saturated rings. The highest BCUT2D eigenvalue weighted by molar-refractivity contribution is 6.75. The Balaban J connectivity index is 3.44. The van der Waals surface area contributed by atoms with Crippen LogP contribution in [-0.2, 0) is 4.74 Å². The van der Waals surface area contributed by atoms with E-state index < -0.39 is 16.6 Å². The average molecular weight is 435 g/mol. The SMILES string of the molecule is C=CCO[C@H](C=C)c1ccc(O[Si](C)(C)C(C)(C)C)c(O[Si](C)(C)C(C)(C)C)c1. The molecule has 5 heteroatoms. The van der Waals surface area contributed by atoms with Gasteiger partial charge < -0.3 is 13.6 Å². The summed E-state index contributed by atoms with van der Waals surface area (Å²) >= 11 is 0. The molecule has 0 radical (unpaired) electrons. The lowest BCUT2D eigenvalue weighted by Gasteiger charge is -2.40. The standard InChI is InChI=1S/C24H42O3Si2/c1-13-17-25-20(14-2)19-15-16-21(26-28(9,10)23(3,4)5)22(18-19)27-29(11,12)24(6,7)8/h13-16,18,20H,1-2,17H2,3-12H3/t20-/m1/s1. The van der Waals surface area contributed by atoms with Crippen LogP contribution in [0.25, 0.3) is 0 Å². The summed E-state index contributed by atoms with van der Waals surface area (Å²) < 4.78 is 19.2. The topological polar surface area (TPSA) is 27.7 Å². The number of hydrogen-bond donors (Lipinski definition) is 0. The molecule has 1 atom stereocenters. The monoisotopic (exact) mass is 434 g/mol. The first kappa shape index (κ1) is 25.7. The van der Waals surface area contributed by atoms with Gasteiger partial charge in [0.15, 0.2) is 0 Å². The predicted octanol–water partition coefficient (Wildman–Crippen LogP) is 7.88. The quantitative estimate of drug-likeness (QED) is 0.292. The molecule has 0 spiro atoms. The van der Waals surface area contributed by atoms with Crippen molar-refractivity contribution in [3.63, 3.8) is 0 Å². The summed E-state index contributed by atoms with van der Waals surface area (Å²) in [7, 11) is -4.04. The van der Waals surface area contributed by atoms with Gasteiger partial charge in [0, 0.05) is 0 Å². The predicted molar refractivity (Wildman–Crippen MR) is 131 cm³/mol. The fraction of sp³-hybridized carbons (Fsp3) is 0.583.